The summed E-state index contributed by atoms with van der Waals surface area (Å²) in [6.45, 7) is 6.07. The van der Waals surface area contributed by atoms with E-state index in [-0.39, 0.29) is 16.9 Å². The van der Waals surface area contributed by atoms with Crippen LogP contribution in [0.3, 0.4) is 0 Å². The van der Waals surface area contributed by atoms with Gasteiger partial charge in [0.2, 0.25) is 5.91 Å². The van der Waals surface area contributed by atoms with Crippen molar-refractivity contribution in [2.45, 2.75) is 37.7 Å². The maximum atomic E-state index is 12.8. The number of carbonyl (C=O) groups is 2. The number of thioether (sulfide) groups is 1. The summed E-state index contributed by atoms with van der Waals surface area (Å²) >= 11 is 1.40. The molecule has 0 saturated heterocycles. The zero-order chi connectivity index (χ0) is 20.1. The van der Waals surface area contributed by atoms with Gasteiger partial charge in [0.1, 0.15) is 0 Å². The average molecular weight is 395 g/mol. The highest BCUT2D eigenvalue weighted by atomic mass is 32.2. The van der Waals surface area contributed by atoms with Gasteiger partial charge >= 0.3 is 0 Å². The van der Waals surface area contributed by atoms with Gasteiger partial charge in [-0.1, -0.05) is 42.1 Å². The zero-order valence-corrected chi connectivity index (χ0v) is 16.9. The Labute approximate surface area is 168 Å². The minimum absolute atomic E-state index is 0.00582. The zero-order valence-electron chi connectivity index (χ0n) is 16.0. The topological polar surface area (TPSA) is 76.9 Å². The van der Waals surface area contributed by atoms with Gasteiger partial charge in [-0.3, -0.25) is 9.59 Å². The first-order chi connectivity index (χ1) is 13.5. The third kappa shape index (κ3) is 4.48. The van der Waals surface area contributed by atoms with Crippen LogP contribution in [0, 0.1) is 0 Å². The Morgan fingerprint density at radius 3 is 2.36 bits per heavy atom. The second-order valence-electron chi connectivity index (χ2n) is 6.30. The van der Waals surface area contributed by atoms with Crippen molar-refractivity contribution in [3.05, 3.63) is 60.2 Å². The van der Waals surface area contributed by atoms with Gasteiger partial charge in [-0.15, -0.1) is 10.2 Å². The fourth-order valence-corrected chi connectivity index (χ4v) is 3.82. The molecule has 0 radical (unpaired) electrons. The molecule has 3 rings (SSSR count). The lowest BCUT2D eigenvalue weighted by molar-refractivity contribution is -0.114. The Hall–Kier alpha value is -2.93. The van der Waals surface area contributed by atoms with Crippen LogP contribution in [0.25, 0.3) is 11.4 Å². The number of carbonyl (C=O) groups excluding carboxylic acids is 2. The number of ketones is 1. The molecule has 7 heteroatoms. The van der Waals surface area contributed by atoms with E-state index in [2.05, 4.69) is 15.5 Å². The Bertz CT molecular complexity index is 968. The number of hydrogen-bond acceptors (Lipinski definition) is 5. The first kappa shape index (κ1) is 19.8. The molecule has 0 aliphatic heterocycles. The average Bonchev–Trinajstić information content (AvgIpc) is 3.10. The lowest BCUT2D eigenvalue weighted by Crippen LogP contribution is -2.15. The summed E-state index contributed by atoms with van der Waals surface area (Å²) < 4.78 is 2.02. The van der Waals surface area contributed by atoms with Crippen molar-refractivity contribution in [3.8, 4) is 11.4 Å². The van der Waals surface area contributed by atoms with E-state index in [1.165, 1.54) is 18.7 Å². The molecule has 1 amide bonds. The van der Waals surface area contributed by atoms with Crippen molar-refractivity contribution in [2.75, 3.05) is 5.32 Å². The van der Waals surface area contributed by atoms with E-state index >= 15 is 0 Å². The van der Waals surface area contributed by atoms with Crippen LogP contribution in [0.2, 0.25) is 0 Å². The van der Waals surface area contributed by atoms with Gasteiger partial charge in [0.25, 0.3) is 0 Å². The predicted octanol–water partition coefficient (Wildman–Crippen LogP) is 4.29. The van der Waals surface area contributed by atoms with Crippen molar-refractivity contribution in [1.29, 1.82) is 0 Å². The van der Waals surface area contributed by atoms with E-state index < -0.39 is 0 Å². The van der Waals surface area contributed by atoms with E-state index in [0.29, 0.717) is 17.8 Å². The molecule has 1 unspecified atom stereocenters. The molecule has 0 aliphatic rings. The van der Waals surface area contributed by atoms with Crippen LogP contribution < -0.4 is 5.32 Å². The maximum absolute atomic E-state index is 12.8. The number of anilines is 1. The number of hydrogen-bond donors (Lipinski definition) is 1. The fourth-order valence-electron chi connectivity index (χ4n) is 2.83. The maximum Gasteiger partial charge on any atom is 0.221 e. The highest BCUT2D eigenvalue weighted by molar-refractivity contribution is 8.00. The summed E-state index contributed by atoms with van der Waals surface area (Å²) in [7, 11) is 0. The molecular weight excluding hydrogens is 372 g/mol. The van der Waals surface area contributed by atoms with Crippen LogP contribution in [0.5, 0.6) is 0 Å². The lowest BCUT2D eigenvalue weighted by Gasteiger charge is -2.12. The lowest BCUT2D eigenvalue weighted by atomic mass is 10.1. The van der Waals surface area contributed by atoms with E-state index in [1.807, 2.05) is 48.7 Å². The Morgan fingerprint density at radius 2 is 1.75 bits per heavy atom. The van der Waals surface area contributed by atoms with Crippen molar-refractivity contribution in [1.82, 2.24) is 14.8 Å². The Morgan fingerprint density at radius 1 is 1.07 bits per heavy atom. The SMILES string of the molecule is CCn1c(SC(C)C(=O)c2ccc(NC(C)=O)cc2)nnc1-c1ccccc1. The molecule has 1 atom stereocenters. The fraction of sp³-hybridized carbons (Fsp3) is 0.238. The molecule has 0 spiro atoms. The molecule has 0 fully saturated rings. The minimum atomic E-state index is -0.315. The van der Waals surface area contributed by atoms with Crippen LogP contribution in [-0.4, -0.2) is 31.7 Å². The smallest absolute Gasteiger partial charge is 0.221 e. The number of rotatable bonds is 7. The van der Waals surface area contributed by atoms with Crippen molar-refractivity contribution < 1.29 is 9.59 Å². The van der Waals surface area contributed by atoms with Crippen molar-refractivity contribution >= 4 is 29.1 Å². The van der Waals surface area contributed by atoms with E-state index in [4.69, 9.17) is 0 Å². The third-order valence-corrected chi connectivity index (χ3v) is 5.29. The molecule has 3 aromatic rings. The Kier molecular flexibility index (Phi) is 6.26. The van der Waals surface area contributed by atoms with E-state index in [0.717, 1.165) is 16.5 Å². The normalized spacial score (nSPS) is 11.8. The van der Waals surface area contributed by atoms with Gasteiger partial charge in [-0.05, 0) is 38.1 Å². The first-order valence-corrected chi connectivity index (χ1v) is 9.94. The van der Waals surface area contributed by atoms with Gasteiger partial charge in [-0.2, -0.15) is 0 Å². The third-order valence-electron chi connectivity index (χ3n) is 4.21. The van der Waals surface area contributed by atoms with Crippen LogP contribution in [0.4, 0.5) is 5.69 Å². The molecule has 1 heterocycles. The van der Waals surface area contributed by atoms with Gasteiger partial charge in [0.15, 0.2) is 16.8 Å². The second kappa shape index (κ2) is 8.84. The highest BCUT2D eigenvalue weighted by Gasteiger charge is 2.21. The summed E-state index contributed by atoms with van der Waals surface area (Å²) in [6, 6.07) is 16.8. The molecule has 2 aromatic carbocycles. The molecule has 0 bridgehead atoms. The van der Waals surface area contributed by atoms with E-state index in [9.17, 15) is 9.59 Å². The molecule has 0 saturated carbocycles. The van der Waals surface area contributed by atoms with Crippen LogP contribution in [0.15, 0.2) is 59.8 Å². The molecule has 1 aromatic heterocycles. The summed E-state index contributed by atoms with van der Waals surface area (Å²) in [5, 5.41) is 11.7. The molecular formula is C21H22N4O2S. The minimum Gasteiger partial charge on any atom is -0.326 e. The number of aromatic nitrogens is 3. The molecule has 6 nitrogen and oxygen atoms in total. The number of amides is 1. The monoisotopic (exact) mass is 394 g/mol. The molecule has 0 aliphatic carbocycles. The summed E-state index contributed by atoms with van der Waals surface area (Å²) in [6.07, 6.45) is 0. The Balaban J connectivity index is 1.75. The number of benzene rings is 2. The first-order valence-electron chi connectivity index (χ1n) is 9.06. The predicted molar refractivity (Wildman–Crippen MR) is 112 cm³/mol. The second-order valence-corrected chi connectivity index (χ2v) is 7.61. The number of nitrogens with one attached hydrogen (secondary N) is 1. The highest BCUT2D eigenvalue weighted by Crippen LogP contribution is 2.28. The molecule has 28 heavy (non-hydrogen) atoms. The molecule has 1 N–H and O–H groups in total. The largest absolute Gasteiger partial charge is 0.326 e. The summed E-state index contributed by atoms with van der Waals surface area (Å²) in [4.78, 5) is 23.9. The van der Waals surface area contributed by atoms with Gasteiger partial charge in [0.05, 0.1) is 5.25 Å². The van der Waals surface area contributed by atoms with E-state index in [1.54, 1.807) is 24.3 Å². The van der Waals surface area contributed by atoms with Gasteiger partial charge in [-0.25, -0.2) is 0 Å². The van der Waals surface area contributed by atoms with Crippen LogP contribution in [-0.2, 0) is 11.3 Å². The van der Waals surface area contributed by atoms with Gasteiger partial charge < -0.3 is 9.88 Å². The summed E-state index contributed by atoms with van der Waals surface area (Å²) in [5.74, 6) is 0.660. The summed E-state index contributed by atoms with van der Waals surface area (Å²) in [5.41, 5.74) is 2.26. The van der Waals surface area contributed by atoms with Crippen LogP contribution in [0.1, 0.15) is 31.1 Å². The number of nitrogens with zero attached hydrogens (tertiary/aromatic N) is 3. The van der Waals surface area contributed by atoms with Crippen LogP contribution >= 0.6 is 11.8 Å². The van der Waals surface area contributed by atoms with Gasteiger partial charge in [0, 0.05) is 30.3 Å². The number of Topliss-reactive ketones (excluding diaryl/α,β-unsaturated/α-hetero) is 1. The van der Waals surface area contributed by atoms with Crippen molar-refractivity contribution in [3.63, 3.8) is 0 Å². The standard InChI is InChI=1S/C21H22N4O2S/c1-4-25-20(17-8-6-5-7-9-17)23-24-21(25)28-14(2)19(27)16-10-12-18(13-11-16)22-15(3)26/h5-14H,4H2,1-3H3,(H,22,26). The van der Waals surface area contributed by atoms with Crippen molar-refractivity contribution in [2.24, 2.45) is 0 Å². The quantitative estimate of drug-likeness (QED) is 0.478. The molecule has 144 valence electrons.